The Morgan fingerprint density at radius 2 is 2.00 bits per heavy atom. The molecule has 3 rings (SSSR count). The normalized spacial score (nSPS) is 40.4. The Balaban J connectivity index is 1.73. The quantitative estimate of drug-likeness (QED) is 0.689. The predicted octanol–water partition coefficient (Wildman–Crippen LogP) is 0.173. The van der Waals surface area contributed by atoms with E-state index in [0.717, 1.165) is 13.0 Å². The van der Waals surface area contributed by atoms with Gasteiger partial charge in [-0.15, -0.1) is 0 Å². The number of nitrogens with zero attached hydrogens (tertiary/aromatic N) is 2. The Morgan fingerprint density at radius 1 is 1.12 bits per heavy atom. The van der Waals surface area contributed by atoms with Crippen molar-refractivity contribution in [2.45, 2.75) is 50.2 Å². The zero-order chi connectivity index (χ0) is 11.1. The van der Waals surface area contributed by atoms with Crippen molar-refractivity contribution in [3.63, 3.8) is 0 Å². The van der Waals surface area contributed by atoms with E-state index in [1.807, 2.05) is 0 Å². The third-order valence-corrected chi connectivity index (χ3v) is 4.41. The first-order valence-corrected chi connectivity index (χ1v) is 6.55. The van der Waals surface area contributed by atoms with E-state index < -0.39 is 0 Å². The molecule has 16 heavy (non-hydrogen) atoms. The Morgan fingerprint density at radius 3 is 2.75 bits per heavy atom. The lowest BCUT2D eigenvalue weighted by Crippen LogP contribution is -2.48. The summed E-state index contributed by atoms with van der Waals surface area (Å²) in [5, 5.41) is 0. The molecule has 3 saturated heterocycles. The molecule has 3 aliphatic heterocycles. The van der Waals surface area contributed by atoms with Gasteiger partial charge in [-0.2, -0.15) is 0 Å². The summed E-state index contributed by atoms with van der Waals surface area (Å²) in [4.78, 5) is 16.5. The zero-order valence-corrected chi connectivity index (χ0v) is 9.77. The highest BCUT2D eigenvalue weighted by Crippen LogP contribution is 2.32. The lowest BCUT2D eigenvalue weighted by Gasteiger charge is -2.36. The van der Waals surface area contributed by atoms with E-state index in [4.69, 9.17) is 5.73 Å². The van der Waals surface area contributed by atoms with Crippen LogP contribution in [-0.2, 0) is 4.79 Å². The van der Waals surface area contributed by atoms with Crippen LogP contribution in [0.1, 0.15) is 32.1 Å². The van der Waals surface area contributed by atoms with Crippen molar-refractivity contribution in [1.29, 1.82) is 0 Å². The van der Waals surface area contributed by atoms with Gasteiger partial charge in [0.1, 0.15) is 0 Å². The molecule has 2 N–H and O–H groups in total. The van der Waals surface area contributed by atoms with Gasteiger partial charge in [-0.05, 0) is 25.8 Å². The van der Waals surface area contributed by atoms with E-state index in [1.54, 1.807) is 0 Å². The van der Waals surface area contributed by atoms with Crippen LogP contribution >= 0.6 is 0 Å². The van der Waals surface area contributed by atoms with Crippen LogP contribution in [0.15, 0.2) is 0 Å². The summed E-state index contributed by atoms with van der Waals surface area (Å²) in [7, 11) is 0. The SMILES string of the molecule is NC1CC(=O)N(C2CCN3CCCCC23)C1. The largest absolute Gasteiger partial charge is 0.336 e. The molecule has 0 spiro atoms. The van der Waals surface area contributed by atoms with Crippen molar-refractivity contribution in [2.24, 2.45) is 5.73 Å². The summed E-state index contributed by atoms with van der Waals surface area (Å²) in [5.41, 5.74) is 5.88. The molecule has 4 heteroatoms. The molecule has 0 aromatic heterocycles. The lowest BCUT2D eigenvalue weighted by atomic mass is 9.98. The molecule has 0 saturated carbocycles. The molecule has 0 bridgehead atoms. The maximum atomic E-state index is 11.9. The van der Waals surface area contributed by atoms with Crippen LogP contribution in [0.5, 0.6) is 0 Å². The number of hydrogen-bond acceptors (Lipinski definition) is 3. The molecular weight excluding hydrogens is 202 g/mol. The van der Waals surface area contributed by atoms with Crippen LogP contribution in [0.2, 0.25) is 0 Å². The Bertz CT molecular complexity index is 294. The van der Waals surface area contributed by atoms with Crippen LogP contribution in [0.25, 0.3) is 0 Å². The summed E-state index contributed by atoms with van der Waals surface area (Å²) in [6, 6.07) is 1.16. The van der Waals surface area contributed by atoms with Gasteiger partial charge in [0.2, 0.25) is 5.91 Å². The third-order valence-electron chi connectivity index (χ3n) is 4.41. The van der Waals surface area contributed by atoms with Crippen molar-refractivity contribution in [2.75, 3.05) is 19.6 Å². The number of hydrogen-bond donors (Lipinski definition) is 1. The van der Waals surface area contributed by atoms with E-state index in [0.29, 0.717) is 18.5 Å². The summed E-state index contributed by atoms with van der Waals surface area (Å²) in [6.45, 7) is 3.19. The monoisotopic (exact) mass is 223 g/mol. The maximum absolute atomic E-state index is 11.9. The average molecular weight is 223 g/mol. The van der Waals surface area contributed by atoms with Gasteiger partial charge in [-0.3, -0.25) is 9.69 Å². The highest BCUT2D eigenvalue weighted by Gasteiger charge is 2.42. The topological polar surface area (TPSA) is 49.6 Å². The fraction of sp³-hybridized carbons (Fsp3) is 0.917. The van der Waals surface area contributed by atoms with Gasteiger partial charge in [-0.1, -0.05) is 6.42 Å². The molecule has 0 aliphatic carbocycles. The number of carbonyl (C=O) groups is 1. The summed E-state index contributed by atoms with van der Waals surface area (Å²) in [6.07, 6.45) is 5.64. The highest BCUT2D eigenvalue weighted by molar-refractivity contribution is 5.79. The molecule has 1 amide bonds. The predicted molar refractivity (Wildman–Crippen MR) is 61.9 cm³/mol. The van der Waals surface area contributed by atoms with Crippen LogP contribution in [0, 0.1) is 0 Å². The first kappa shape index (κ1) is 10.5. The van der Waals surface area contributed by atoms with Crippen molar-refractivity contribution < 1.29 is 4.79 Å². The second-order valence-electron chi connectivity index (χ2n) is 5.47. The number of likely N-dealkylation sites (tertiary alicyclic amines) is 1. The summed E-state index contributed by atoms with van der Waals surface area (Å²) >= 11 is 0. The van der Waals surface area contributed by atoms with Gasteiger partial charge in [0.05, 0.1) is 0 Å². The molecule has 90 valence electrons. The fourth-order valence-corrected chi connectivity index (χ4v) is 3.67. The average Bonchev–Trinajstić information content (AvgIpc) is 2.81. The van der Waals surface area contributed by atoms with Crippen molar-refractivity contribution in [3.8, 4) is 0 Å². The number of nitrogens with two attached hydrogens (primary N) is 1. The minimum Gasteiger partial charge on any atom is -0.336 e. The van der Waals surface area contributed by atoms with E-state index in [1.165, 1.54) is 32.4 Å². The molecular formula is C12H21N3O. The molecule has 3 fully saturated rings. The Kier molecular flexibility index (Phi) is 2.64. The van der Waals surface area contributed by atoms with Gasteiger partial charge < -0.3 is 10.6 Å². The first-order valence-electron chi connectivity index (χ1n) is 6.55. The second-order valence-corrected chi connectivity index (χ2v) is 5.47. The maximum Gasteiger partial charge on any atom is 0.224 e. The molecule has 3 heterocycles. The molecule has 0 aromatic rings. The first-order chi connectivity index (χ1) is 7.75. The van der Waals surface area contributed by atoms with E-state index >= 15 is 0 Å². The molecule has 4 nitrogen and oxygen atoms in total. The number of amides is 1. The Labute approximate surface area is 96.8 Å². The van der Waals surface area contributed by atoms with Gasteiger partial charge in [0.25, 0.3) is 0 Å². The van der Waals surface area contributed by atoms with Gasteiger partial charge >= 0.3 is 0 Å². The second kappa shape index (κ2) is 4.00. The minimum atomic E-state index is 0.0742. The number of rotatable bonds is 1. The zero-order valence-electron chi connectivity index (χ0n) is 9.77. The highest BCUT2D eigenvalue weighted by atomic mass is 16.2. The fourth-order valence-electron chi connectivity index (χ4n) is 3.67. The summed E-state index contributed by atoms with van der Waals surface area (Å²) in [5.74, 6) is 0.282. The van der Waals surface area contributed by atoms with Crippen molar-refractivity contribution in [3.05, 3.63) is 0 Å². The van der Waals surface area contributed by atoms with Gasteiger partial charge in [0.15, 0.2) is 0 Å². The van der Waals surface area contributed by atoms with Gasteiger partial charge in [0, 0.05) is 37.6 Å². The smallest absolute Gasteiger partial charge is 0.224 e. The molecule has 3 unspecified atom stereocenters. The lowest BCUT2D eigenvalue weighted by molar-refractivity contribution is -0.130. The minimum absolute atomic E-state index is 0.0742. The van der Waals surface area contributed by atoms with Crippen LogP contribution in [-0.4, -0.2) is 53.5 Å². The molecule has 0 radical (unpaired) electrons. The summed E-state index contributed by atoms with van der Waals surface area (Å²) < 4.78 is 0. The molecule has 3 aliphatic rings. The molecule has 0 aromatic carbocycles. The van der Waals surface area contributed by atoms with Crippen LogP contribution in [0.3, 0.4) is 0 Å². The van der Waals surface area contributed by atoms with E-state index in [-0.39, 0.29) is 11.9 Å². The van der Waals surface area contributed by atoms with E-state index in [2.05, 4.69) is 9.80 Å². The molecule has 3 atom stereocenters. The van der Waals surface area contributed by atoms with E-state index in [9.17, 15) is 4.79 Å². The van der Waals surface area contributed by atoms with Gasteiger partial charge in [-0.25, -0.2) is 0 Å². The number of piperidine rings is 1. The van der Waals surface area contributed by atoms with Crippen molar-refractivity contribution in [1.82, 2.24) is 9.80 Å². The standard InChI is InChI=1S/C12H21N3O/c13-9-7-12(16)15(8-9)11-4-6-14-5-2-1-3-10(11)14/h9-11H,1-8,13H2. The van der Waals surface area contributed by atoms with Crippen LogP contribution < -0.4 is 5.73 Å². The third kappa shape index (κ3) is 1.64. The number of carbonyl (C=O) groups excluding carboxylic acids is 1. The van der Waals surface area contributed by atoms with Crippen LogP contribution in [0.4, 0.5) is 0 Å². The Hall–Kier alpha value is -0.610. The number of fused-ring (bicyclic) bond motifs is 1. The van der Waals surface area contributed by atoms with Crippen molar-refractivity contribution >= 4 is 5.91 Å².